The molecule has 0 N–H and O–H groups in total. The second kappa shape index (κ2) is 6.37. The zero-order valence-corrected chi connectivity index (χ0v) is 12.0. The number of hydrogen-bond acceptors (Lipinski definition) is 3. The molecule has 3 rings (SSSR count). The van der Waals surface area contributed by atoms with Crippen LogP contribution in [0.15, 0.2) is 67.3 Å². The van der Waals surface area contributed by atoms with Gasteiger partial charge in [-0.3, -0.25) is 9.97 Å². The van der Waals surface area contributed by atoms with Gasteiger partial charge in [-0.2, -0.15) is 0 Å². The van der Waals surface area contributed by atoms with E-state index in [2.05, 4.69) is 9.97 Å². The van der Waals surface area contributed by atoms with E-state index >= 15 is 0 Å². The Hall–Kier alpha value is -2.39. The van der Waals surface area contributed by atoms with E-state index < -0.39 is 0 Å². The third kappa shape index (κ3) is 3.38. The third-order valence-corrected chi connectivity index (χ3v) is 3.43. The zero-order valence-electron chi connectivity index (χ0n) is 11.2. The molecular formula is C17H13ClN2O. The monoisotopic (exact) mass is 296 g/mol. The lowest BCUT2D eigenvalue weighted by Gasteiger charge is -2.08. The highest BCUT2D eigenvalue weighted by atomic mass is 35.5. The van der Waals surface area contributed by atoms with Crippen LogP contribution in [-0.2, 0) is 6.61 Å². The van der Waals surface area contributed by atoms with Crippen molar-refractivity contribution in [3.05, 3.63) is 77.8 Å². The number of rotatable bonds is 4. The van der Waals surface area contributed by atoms with Crippen LogP contribution in [0.1, 0.15) is 5.56 Å². The van der Waals surface area contributed by atoms with Crippen LogP contribution in [-0.4, -0.2) is 9.97 Å². The van der Waals surface area contributed by atoms with E-state index in [0.29, 0.717) is 17.4 Å². The van der Waals surface area contributed by atoms with Crippen molar-refractivity contribution in [1.82, 2.24) is 9.97 Å². The molecule has 3 aromatic rings. The van der Waals surface area contributed by atoms with Gasteiger partial charge in [-0.05, 0) is 18.2 Å². The average molecular weight is 297 g/mol. The van der Waals surface area contributed by atoms with Crippen LogP contribution < -0.4 is 4.74 Å². The first-order valence-electron chi connectivity index (χ1n) is 6.54. The van der Waals surface area contributed by atoms with Gasteiger partial charge in [-0.1, -0.05) is 35.9 Å². The van der Waals surface area contributed by atoms with Crippen molar-refractivity contribution in [1.29, 1.82) is 0 Å². The summed E-state index contributed by atoms with van der Waals surface area (Å²) in [6.45, 7) is 0.415. The van der Waals surface area contributed by atoms with Crippen LogP contribution >= 0.6 is 11.6 Å². The number of benzene rings is 1. The molecule has 0 atom stereocenters. The fraction of sp³-hybridized carbons (Fsp3) is 0.0588. The SMILES string of the molecule is Clc1ccccc1COc1cncc(-c2cccnc2)c1. The van der Waals surface area contributed by atoms with Crippen molar-refractivity contribution in [2.45, 2.75) is 6.61 Å². The highest BCUT2D eigenvalue weighted by Gasteiger charge is 2.03. The summed E-state index contributed by atoms with van der Waals surface area (Å²) in [6, 6.07) is 13.5. The predicted octanol–water partition coefficient (Wildman–Crippen LogP) is 4.38. The van der Waals surface area contributed by atoms with Crippen molar-refractivity contribution < 1.29 is 4.74 Å². The normalized spacial score (nSPS) is 10.3. The fourth-order valence-electron chi connectivity index (χ4n) is 1.97. The Morgan fingerprint density at radius 1 is 0.905 bits per heavy atom. The summed E-state index contributed by atoms with van der Waals surface area (Å²) in [7, 11) is 0. The van der Waals surface area contributed by atoms with Crippen LogP contribution in [0.4, 0.5) is 0 Å². The molecule has 0 aliphatic heterocycles. The van der Waals surface area contributed by atoms with Gasteiger partial charge in [0.05, 0.1) is 6.20 Å². The van der Waals surface area contributed by atoms with Gasteiger partial charge in [0.15, 0.2) is 0 Å². The van der Waals surface area contributed by atoms with Gasteiger partial charge in [-0.15, -0.1) is 0 Å². The van der Waals surface area contributed by atoms with Crippen LogP contribution in [0.2, 0.25) is 5.02 Å². The molecule has 2 aromatic heterocycles. The van der Waals surface area contributed by atoms with Crippen LogP contribution in [0, 0.1) is 0 Å². The number of pyridine rings is 2. The smallest absolute Gasteiger partial charge is 0.138 e. The minimum atomic E-state index is 0.415. The first-order chi connectivity index (χ1) is 10.3. The average Bonchev–Trinajstić information content (AvgIpc) is 2.55. The Bertz CT molecular complexity index is 732. The van der Waals surface area contributed by atoms with E-state index in [1.54, 1.807) is 24.8 Å². The summed E-state index contributed by atoms with van der Waals surface area (Å²) in [5, 5.41) is 0.703. The molecule has 0 spiro atoms. The van der Waals surface area contributed by atoms with E-state index in [-0.39, 0.29) is 0 Å². The molecule has 3 nitrogen and oxygen atoms in total. The lowest BCUT2D eigenvalue weighted by molar-refractivity contribution is 0.305. The molecule has 104 valence electrons. The van der Waals surface area contributed by atoms with Gasteiger partial charge >= 0.3 is 0 Å². The van der Waals surface area contributed by atoms with Gasteiger partial charge < -0.3 is 4.74 Å². The molecule has 0 amide bonds. The molecule has 0 saturated carbocycles. The van der Waals surface area contributed by atoms with E-state index in [1.165, 1.54) is 0 Å². The lowest BCUT2D eigenvalue weighted by Crippen LogP contribution is -1.96. The van der Waals surface area contributed by atoms with Crippen LogP contribution in [0.3, 0.4) is 0 Å². The molecule has 0 fully saturated rings. The molecule has 4 heteroatoms. The van der Waals surface area contributed by atoms with E-state index in [4.69, 9.17) is 16.3 Å². The zero-order chi connectivity index (χ0) is 14.5. The maximum absolute atomic E-state index is 6.11. The molecule has 2 heterocycles. The minimum absolute atomic E-state index is 0.415. The van der Waals surface area contributed by atoms with Gasteiger partial charge in [-0.25, -0.2) is 0 Å². The quantitative estimate of drug-likeness (QED) is 0.717. The number of halogens is 1. The summed E-state index contributed by atoms with van der Waals surface area (Å²) in [5.74, 6) is 0.705. The molecule has 21 heavy (non-hydrogen) atoms. The highest BCUT2D eigenvalue weighted by Crippen LogP contribution is 2.23. The summed E-state index contributed by atoms with van der Waals surface area (Å²) >= 11 is 6.11. The summed E-state index contributed by atoms with van der Waals surface area (Å²) in [6.07, 6.45) is 7.03. The first-order valence-corrected chi connectivity index (χ1v) is 6.92. The first kappa shape index (κ1) is 13.6. The van der Waals surface area contributed by atoms with Gasteiger partial charge in [0.25, 0.3) is 0 Å². The third-order valence-electron chi connectivity index (χ3n) is 3.06. The Morgan fingerprint density at radius 3 is 2.57 bits per heavy atom. The fourth-order valence-corrected chi connectivity index (χ4v) is 2.16. The van der Waals surface area contributed by atoms with Gasteiger partial charge in [0.2, 0.25) is 0 Å². The van der Waals surface area contributed by atoms with Gasteiger partial charge in [0.1, 0.15) is 12.4 Å². The Labute approximate surface area is 128 Å². The highest BCUT2D eigenvalue weighted by molar-refractivity contribution is 6.31. The predicted molar refractivity (Wildman–Crippen MR) is 83.3 cm³/mol. The summed E-state index contributed by atoms with van der Waals surface area (Å²) in [4.78, 5) is 8.32. The Kier molecular flexibility index (Phi) is 4.12. The molecule has 0 bridgehead atoms. The maximum Gasteiger partial charge on any atom is 0.138 e. The largest absolute Gasteiger partial charge is 0.487 e. The molecule has 0 aliphatic rings. The molecule has 1 aromatic carbocycles. The summed E-state index contributed by atoms with van der Waals surface area (Å²) in [5.41, 5.74) is 2.93. The van der Waals surface area contributed by atoms with Crippen molar-refractivity contribution >= 4 is 11.6 Å². The molecule has 0 saturated heterocycles. The van der Waals surface area contributed by atoms with E-state index in [9.17, 15) is 0 Å². The Morgan fingerprint density at radius 2 is 1.76 bits per heavy atom. The second-order valence-electron chi connectivity index (χ2n) is 4.53. The second-order valence-corrected chi connectivity index (χ2v) is 4.94. The minimum Gasteiger partial charge on any atom is -0.487 e. The Balaban J connectivity index is 1.77. The molecule has 0 aliphatic carbocycles. The molecular weight excluding hydrogens is 284 g/mol. The number of aromatic nitrogens is 2. The van der Waals surface area contributed by atoms with Crippen LogP contribution in [0.5, 0.6) is 5.75 Å². The topological polar surface area (TPSA) is 35.0 Å². The van der Waals surface area contributed by atoms with E-state index in [1.807, 2.05) is 42.5 Å². The van der Waals surface area contributed by atoms with Crippen molar-refractivity contribution in [3.63, 3.8) is 0 Å². The number of hydrogen-bond donors (Lipinski definition) is 0. The molecule has 0 unspecified atom stereocenters. The van der Waals surface area contributed by atoms with Crippen LogP contribution in [0.25, 0.3) is 11.1 Å². The molecule has 0 radical (unpaired) electrons. The van der Waals surface area contributed by atoms with Crippen molar-refractivity contribution in [2.24, 2.45) is 0 Å². The maximum atomic E-state index is 6.11. The number of ether oxygens (including phenoxy) is 1. The van der Waals surface area contributed by atoms with Gasteiger partial charge in [0, 0.05) is 40.3 Å². The van der Waals surface area contributed by atoms with Crippen molar-refractivity contribution in [2.75, 3.05) is 0 Å². The lowest BCUT2D eigenvalue weighted by atomic mass is 10.1. The standard InChI is InChI=1S/C17H13ClN2O/c18-17-6-2-1-4-14(17)12-21-16-8-15(10-20-11-16)13-5-3-7-19-9-13/h1-11H,12H2. The number of nitrogens with zero attached hydrogens (tertiary/aromatic N) is 2. The van der Waals surface area contributed by atoms with E-state index in [0.717, 1.165) is 16.7 Å². The summed E-state index contributed by atoms with van der Waals surface area (Å²) < 4.78 is 5.77. The van der Waals surface area contributed by atoms with Crippen molar-refractivity contribution in [3.8, 4) is 16.9 Å².